The molecule has 0 bridgehead atoms. The Labute approximate surface area is 203 Å². The summed E-state index contributed by atoms with van der Waals surface area (Å²) in [6, 6.07) is 12.1. The highest BCUT2D eigenvalue weighted by molar-refractivity contribution is 5.96. The van der Waals surface area contributed by atoms with Gasteiger partial charge in [-0.15, -0.1) is 0 Å². The van der Waals surface area contributed by atoms with Gasteiger partial charge in [0.1, 0.15) is 18.1 Å². The minimum absolute atomic E-state index is 0.0428. The highest BCUT2D eigenvalue weighted by Gasteiger charge is 2.24. The number of amides is 1. The van der Waals surface area contributed by atoms with Gasteiger partial charge in [-0.2, -0.15) is 0 Å². The Morgan fingerprint density at radius 1 is 1.18 bits per heavy atom. The van der Waals surface area contributed by atoms with Crippen LogP contribution in [-0.2, 0) is 17.7 Å². The van der Waals surface area contributed by atoms with Crippen LogP contribution in [0.4, 0.5) is 0 Å². The molecule has 0 aromatic heterocycles. The van der Waals surface area contributed by atoms with Gasteiger partial charge in [-0.1, -0.05) is 25.5 Å². The maximum Gasteiger partial charge on any atom is 0.251 e. The molecule has 6 heteroatoms. The van der Waals surface area contributed by atoms with E-state index in [1.807, 2.05) is 25.1 Å². The topological polar surface area (TPSA) is 60.0 Å². The van der Waals surface area contributed by atoms with Gasteiger partial charge in [-0.05, 0) is 73.6 Å². The Morgan fingerprint density at radius 2 is 2.00 bits per heavy atom. The molecule has 0 aliphatic carbocycles. The lowest BCUT2D eigenvalue weighted by molar-refractivity contribution is 0.0388. The molecule has 1 N–H and O–H groups in total. The van der Waals surface area contributed by atoms with Crippen molar-refractivity contribution in [2.75, 3.05) is 33.4 Å². The van der Waals surface area contributed by atoms with Gasteiger partial charge >= 0.3 is 0 Å². The number of rotatable bonds is 9. The second kappa shape index (κ2) is 11.7. The minimum atomic E-state index is -0.0641. The number of unbranched alkanes of at least 4 members (excludes halogenated alkanes) is 1. The van der Waals surface area contributed by atoms with Gasteiger partial charge in [0.05, 0.1) is 18.8 Å². The van der Waals surface area contributed by atoms with Crippen LogP contribution in [0.3, 0.4) is 0 Å². The summed E-state index contributed by atoms with van der Waals surface area (Å²) in [4.78, 5) is 15.4. The number of carbonyl (C=O) groups is 1. The van der Waals surface area contributed by atoms with Gasteiger partial charge in [0, 0.05) is 32.3 Å². The second-order valence-corrected chi connectivity index (χ2v) is 9.52. The van der Waals surface area contributed by atoms with Crippen molar-refractivity contribution in [2.45, 2.75) is 64.6 Å². The number of hydrogen-bond donors (Lipinski definition) is 1. The van der Waals surface area contributed by atoms with E-state index >= 15 is 0 Å². The van der Waals surface area contributed by atoms with Crippen LogP contribution in [0, 0.1) is 6.92 Å². The first-order valence-corrected chi connectivity index (χ1v) is 12.6. The number of ether oxygens (including phenoxy) is 3. The average Bonchev–Trinajstić information content (AvgIpc) is 2.85. The number of nitrogens with one attached hydrogen (secondary N) is 1. The third-order valence-electron chi connectivity index (χ3n) is 6.86. The summed E-state index contributed by atoms with van der Waals surface area (Å²) in [7, 11) is 1.80. The Bertz CT molecular complexity index is 969. The van der Waals surface area contributed by atoms with E-state index in [4.69, 9.17) is 14.2 Å². The van der Waals surface area contributed by atoms with Crippen LogP contribution >= 0.6 is 0 Å². The van der Waals surface area contributed by atoms with Crippen LogP contribution in [0.15, 0.2) is 36.4 Å². The molecule has 0 unspecified atom stereocenters. The van der Waals surface area contributed by atoms with Crippen LogP contribution in [0.2, 0.25) is 0 Å². The third-order valence-corrected chi connectivity index (χ3v) is 6.86. The maximum atomic E-state index is 12.9. The van der Waals surface area contributed by atoms with E-state index in [2.05, 4.69) is 35.3 Å². The SMILES string of the molecule is CCCCOc1ccc(C(=O)N[C@H]2COc3cc(CN4CCC(OC)CC4)ccc3C2)c(C)c1. The summed E-state index contributed by atoms with van der Waals surface area (Å²) in [5.74, 6) is 1.70. The lowest BCUT2D eigenvalue weighted by Gasteiger charge is -2.31. The van der Waals surface area contributed by atoms with Crippen molar-refractivity contribution in [2.24, 2.45) is 0 Å². The van der Waals surface area contributed by atoms with Crippen LogP contribution in [0.5, 0.6) is 11.5 Å². The Kier molecular flexibility index (Phi) is 8.46. The average molecular weight is 467 g/mol. The maximum absolute atomic E-state index is 12.9. The fourth-order valence-corrected chi connectivity index (χ4v) is 4.75. The molecule has 1 atom stereocenters. The van der Waals surface area contributed by atoms with E-state index in [9.17, 15) is 4.79 Å². The van der Waals surface area contributed by atoms with Crippen molar-refractivity contribution in [3.63, 3.8) is 0 Å². The molecule has 2 heterocycles. The predicted molar refractivity (Wildman–Crippen MR) is 134 cm³/mol. The van der Waals surface area contributed by atoms with Gasteiger partial charge < -0.3 is 19.5 Å². The lowest BCUT2D eigenvalue weighted by atomic mass is 9.99. The molecule has 2 aliphatic rings. The number of likely N-dealkylation sites (tertiary alicyclic amines) is 1. The molecular formula is C28H38N2O4. The normalized spacial score (nSPS) is 18.7. The number of aryl methyl sites for hydroxylation is 1. The number of methoxy groups -OCH3 is 1. The monoisotopic (exact) mass is 466 g/mol. The second-order valence-electron chi connectivity index (χ2n) is 9.52. The van der Waals surface area contributed by atoms with E-state index in [1.54, 1.807) is 7.11 Å². The van der Waals surface area contributed by atoms with Crippen molar-refractivity contribution in [1.82, 2.24) is 10.2 Å². The zero-order chi connectivity index (χ0) is 23.9. The highest BCUT2D eigenvalue weighted by atomic mass is 16.5. The predicted octanol–water partition coefficient (Wildman–Crippen LogP) is 4.52. The summed E-state index contributed by atoms with van der Waals surface area (Å²) in [5.41, 5.74) is 4.02. The Hall–Kier alpha value is -2.57. The summed E-state index contributed by atoms with van der Waals surface area (Å²) in [5, 5.41) is 3.15. The number of fused-ring (bicyclic) bond motifs is 1. The first kappa shape index (κ1) is 24.6. The van der Waals surface area contributed by atoms with Crippen molar-refractivity contribution in [3.8, 4) is 11.5 Å². The molecule has 1 amide bonds. The number of nitrogens with zero attached hydrogens (tertiary/aromatic N) is 1. The van der Waals surface area contributed by atoms with Crippen molar-refractivity contribution >= 4 is 5.91 Å². The summed E-state index contributed by atoms with van der Waals surface area (Å²) < 4.78 is 17.3. The molecular weight excluding hydrogens is 428 g/mol. The summed E-state index contributed by atoms with van der Waals surface area (Å²) in [6.07, 6.45) is 5.48. The Morgan fingerprint density at radius 3 is 2.74 bits per heavy atom. The summed E-state index contributed by atoms with van der Waals surface area (Å²) >= 11 is 0. The van der Waals surface area contributed by atoms with Crippen LogP contribution < -0.4 is 14.8 Å². The first-order chi connectivity index (χ1) is 16.6. The molecule has 34 heavy (non-hydrogen) atoms. The van der Waals surface area contributed by atoms with E-state index in [0.717, 1.165) is 74.4 Å². The molecule has 184 valence electrons. The lowest BCUT2D eigenvalue weighted by Crippen LogP contribution is -2.43. The number of hydrogen-bond acceptors (Lipinski definition) is 5. The largest absolute Gasteiger partial charge is 0.494 e. The van der Waals surface area contributed by atoms with Crippen molar-refractivity contribution in [1.29, 1.82) is 0 Å². The molecule has 0 saturated carbocycles. The molecule has 0 radical (unpaired) electrons. The standard InChI is InChI=1S/C28H38N2O4/c1-4-5-14-33-25-8-9-26(20(2)15-25)28(31)29-23-17-22-7-6-21(16-27(22)34-19-23)18-30-12-10-24(32-3)11-13-30/h6-9,15-16,23-24H,4-5,10-14,17-19H2,1-3H3,(H,29,31)/t23-/m1/s1. The van der Waals surface area contributed by atoms with E-state index in [1.165, 1.54) is 5.56 Å². The van der Waals surface area contributed by atoms with E-state index < -0.39 is 0 Å². The van der Waals surface area contributed by atoms with Crippen LogP contribution in [-0.4, -0.2) is 56.4 Å². The number of carbonyl (C=O) groups excluding carboxylic acids is 1. The first-order valence-electron chi connectivity index (χ1n) is 12.6. The smallest absolute Gasteiger partial charge is 0.251 e. The molecule has 6 nitrogen and oxygen atoms in total. The highest BCUT2D eigenvalue weighted by Crippen LogP contribution is 2.28. The number of piperidine rings is 1. The molecule has 2 aromatic carbocycles. The number of benzene rings is 2. The summed E-state index contributed by atoms with van der Waals surface area (Å²) in [6.45, 7) is 8.35. The van der Waals surface area contributed by atoms with Crippen molar-refractivity contribution < 1.29 is 19.0 Å². The van der Waals surface area contributed by atoms with Crippen molar-refractivity contribution in [3.05, 3.63) is 58.7 Å². The fourth-order valence-electron chi connectivity index (χ4n) is 4.75. The van der Waals surface area contributed by atoms with Gasteiger partial charge in [-0.25, -0.2) is 0 Å². The zero-order valence-corrected chi connectivity index (χ0v) is 20.8. The van der Waals surface area contributed by atoms with Crippen LogP contribution in [0.25, 0.3) is 0 Å². The van der Waals surface area contributed by atoms with E-state index in [-0.39, 0.29) is 11.9 Å². The molecule has 4 rings (SSSR count). The Balaban J connectivity index is 1.30. The van der Waals surface area contributed by atoms with Gasteiger partial charge in [0.15, 0.2) is 0 Å². The molecule has 1 saturated heterocycles. The molecule has 0 spiro atoms. The molecule has 1 fully saturated rings. The quantitative estimate of drug-likeness (QED) is 0.551. The molecule has 2 aliphatic heterocycles. The fraction of sp³-hybridized carbons (Fsp3) is 0.536. The minimum Gasteiger partial charge on any atom is -0.494 e. The molecule has 2 aromatic rings. The van der Waals surface area contributed by atoms with Gasteiger partial charge in [0.25, 0.3) is 5.91 Å². The van der Waals surface area contributed by atoms with Gasteiger partial charge in [0.2, 0.25) is 0 Å². The van der Waals surface area contributed by atoms with Crippen LogP contribution in [0.1, 0.15) is 59.7 Å². The van der Waals surface area contributed by atoms with Gasteiger partial charge in [-0.3, -0.25) is 9.69 Å². The van der Waals surface area contributed by atoms with E-state index in [0.29, 0.717) is 24.9 Å². The zero-order valence-electron chi connectivity index (χ0n) is 20.8. The third kappa shape index (κ3) is 6.30.